The van der Waals surface area contributed by atoms with Crippen LogP contribution in [0.5, 0.6) is 0 Å². The van der Waals surface area contributed by atoms with Gasteiger partial charge < -0.3 is 10.2 Å². The summed E-state index contributed by atoms with van der Waals surface area (Å²) in [4.78, 5) is 17.6. The molecule has 1 aromatic heterocycles. The second-order valence-electron chi connectivity index (χ2n) is 6.90. The summed E-state index contributed by atoms with van der Waals surface area (Å²) in [7, 11) is 1.55. The molecule has 0 fully saturated rings. The highest BCUT2D eigenvalue weighted by Gasteiger charge is 2.18. The lowest BCUT2D eigenvalue weighted by atomic mass is 10.00. The van der Waals surface area contributed by atoms with E-state index in [9.17, 15) is 13.6 Å². The van der Waals surface area contributed by atoms with Crippen molar-refractivity contribution in [2.24, 2.45) is 5.92 Å². The fourth-order valence-corrected chi connectivity index (χ4v) is 2.72. The van der Waals surface area contributed by atoms with Crippen molar-refractivity contribution >= 4 is 6.03 Å². The lowest BCUT2D eigenvalue weighted by molar-refractivity contribution is 0.0650. The standard InChI is InChI=1S/C19H26F2N4O/c1-13(2)11-15-5-7-16(8-6-15)14(3)23-19(26)24(4)12-17-22-9-10-25(17)18(20)21/h5-10,13-14,18H,11-12H2,1-4H3,(H,23,26). The third-order valence-electron chi connectivity index (χ3n) is 4.15. The van der Waals surface area contributed by atoms with Gasteiger partial charge in [0.25, 0.3) is 0 Å². The van der Waals surface area contributed by atoms with Gasteiger partial charge in [0.15, 0.2) is 0 Å². The minimum absolute atomic E-state index is 0.00319. The molecule has 0 bridgehead atoms. The molecule has 2 rings (SSSR count). The summed E-state index contributed by atoms with van der Waals surface area (Å²) in [6, 6.07) is 7.63. The number of benzene rings is 1. The zero-order valence-electron chi connectivity index (χ0n) is 15.6. The molecular weight excluding hydrogens is 338 g/mol. The minimum Gasteiger partial charge on any atom is -0.331 e. The summed E-state index contributed by atoms with van der Waals surface area (Å²) in [5, 5.41) is 2.88. The van der Waals surface area contributed by atoms with E-state index in [2.05, 4.69) is 36.3 Å². The van der Waals surface area contributed by atoms with E-state index in [0.717, 1.165) is 16.6 Å². The third-order valence-corrected chi connectivity index (χ3v) is 4.15. The molecule has 2 amide bonds. The minimum atomic E-state index is -2.67. The van der Waals surface area contributed by atoms with E-state index in [1.165, 1.54) is 22.9 Å². The Kier molecular flexibility index (Phi) is 6.71. The molecule has 2 aromatic rings. The maximum atomic E-state index is 12.9. The van der Waals surface area contributed by atoms with Gasteiger partial charge in [0.05, 0.1) is 12.6 Å². The van der Waals surface area contributed by atoms with Crippen LogP contribution in [0.3, 0.4) is 0 Å². The van der Waals surface area contributed by atoms with Gasteiger partial charge in [0, 0.05) is 19.4 Å². The van der Waals surface area contributed by atoms with Crippen LogP contribution < -0.4 is 5.32 Å². The molecule has 1 unspecified atom stereocenters. The topological polar surface area (TPSA) is 50.2 Å². The predicted octanol–water partition coefficient (Wildman–Crippen LogP) is 4.38. The van der Waals surface area contributed by atoms with Crippen molar-refractivity contribution in [1.29, 1.82) is 0 Å². The lowest BCUT2D eigenvalue weighted by Gasteiger charge is -2.22. The quantitative estimate of drug-likeness (QED) is 0.793. The number of amides is 2. The molecule has 1 heterocycles. The summed E-state index contributed by atoms with van der Waals surface area (Å²) in [5.74, 6) is 0.732. The Morgan fingerprint density at radius 1 is 1.23 bits per heavy atom. The third kappa shape index (κ3) is 5.28. The fourth-order valence-electron chi connectivity index (χ4n) is 2.72. The SMILES string of the molecule is CC(C)Cc1ccc(C(C)NC(=O)N(C)Cc2nccn2C(F)F)cc1. The average molecular weight is 364 g/mol. The van der Waals surface area contributed by atoms with Crippen LogP contribution in [0.1, 0.15) is 50.3 Å². The molecule has 0 radical (unpaired) electrons. The first-order chi connectivity index (χ1) is 12.3. The van der Waals surface area contributed by atoms with Crippen LogP contribution in [0.15, 0.2) is 36.7 Å². The summed E-state index contributed by atoms with van der Waals surface area (Å²) in [6.45, 7) is 3.57. The van der Waals surface area contributed by atoms with Gasteiger partial charge in [-0.15, -0.1) is 0 Å². The first kappa shape index (κ1) is 19.9. The Hall–Kier alpha value is -2.44. The summed E-state index contributed by atoms with van der Waals surface area (Å²) in [6.07, 6.45) is 3.52. The van der Waals surface area contributed by atoms with Crippen LogP contribution in [-0.2, 0) is 13.0 Å². The molecule has 26 heavy (non-hydrogen) atoms. The predicted molar refractivity (Wildman–Crippen MR) is 96.9 cm³/mol. The largest absolute Gasteiger partial charge is 0.331 e. The maximum absolute atomic E-state index is 12.9. The molecule has 1 aromatic carbocycles. The second-order valence-corrected chi connectivity index (χ2v) is 6.90. The van der Waals surface area contributed by atoms with Gasteiger partial charge in [-0.3, -0.25) is 4.57 Å². The average Bonchev–Trinajstić information content (AvgIpc) is 3.03. The van der Waals surface area contributed by atoms with E-state index >= 15 is 0 Å². The molecular formula is C19H26F2N4O. The summed E-state index contributed by atoms with van der Waals surface area (Å²) < 4.78 is 26.5. The van der Waals surface area contributed by atoms with Gasteiger partial charge in [-0.1, -0.05) is 38.1 Å². The molecule has 142 valence electrons. The molecule has 0 saturated carbocycles. The number of nitrogens with zero attached hydrogens (tertiary/aromatic N) is 3. The Morgan fingerprint density at radius 2 is 1.88 bits per heavy atom. The van der Waals surface area contributed by atoms with Gasteiger partial charge in [-0.25, -0.2) is 9.78 Å². The molecule has 0 spiro atoms. The van der Waals surface area contributed by atoms with Crippen molar-refractivity contribution < 1.29 is 13.6 Å². The number of carbonyl (C=O) groups excluding carboxylic acids is 1. The molecule has 0 aliphatic heterocycles. The molecule has 1 N–H and O–H groups in total. The van der Waals surface area contributed by atoms with Gasteiger partial charge in [0.1, 0.15) is 5.82 Å². The number of hydrogen-bond acceptors (Lipinski definition) is 2. The Bertz CT molecular complexity index is 713. The molecule has 0 saturated heterocycles. The number of urea groups is 1. The number of halogens is 2. The molecule has 1 atom stereocenters. The van der Waals surface area contributed by atoms with Crippen LogP contribution in [0.25, 0.3) is 0 Å². The Labute approximate surface area is 153 Å². The zero-order chi connectivity index (χ0) is 19.3. The summed E-state index contributed by atoms with van der Waals surface area (Å²) in [5.41, 5.74) is 2.26. The number of carbonyl (C=O) groups is 1. The zero-order valence-corrected chi connectivity index (χ0v) is 15.6. The number of nitrogens with one attached hydrogen (secondary N) is 1. The van der Waals surface area contributed by atoms with Crippen molar-refractivity contribution in [3.8, 4) is 0 Å². The van der Waals surface area contributed by atoms with Gasteiger partial charge >= 0.3 is 12.6 Å². The molecule has 0 aliphatic carbocycles. The van der Waals surface area contributed by atoms with Gasteiger partial charge in [-0.05, 0) is 30.4 Å². The number of aromatic nitrogens is 2. The number of hydrogen-bond donors (Lipinski definition) is 1. The Balaban J connectivity index is 1.94. The van der Waals surface area contributed by atoms with Crippen molar-refractivity contribution in [1.82, 2.24) is 19.8 Å². The number of imidazole rings is 1. The second kappa shape index (κ2) is 8.78. The van der Waals surface area contributed by atoms with E-state index in [4.69, 9.17) is 0 Å². The Morgan fingerprint density at radius 3 is 2.46 bits per heavy atom. The first-order valence-electron chi connectivity index (χ1n) is 8.68. The number of alkyl halides is 2. The van der Waals surface area contributed by atoms with Crippen molar-refractivity contribution in [3.05, 3.63) is 53.6 Å². The summed E-state index contributed by atoms with van der Waals surface area (Å²) >= 11 is 0. The highest BCUT2D eigenvalue weighted by molar-refractivity contribution is 5.74. The van der Waals surface area contributed by atoms with Crippen LogP contribution >= 0.6 is 0 Å². The van der Waals surface area contributed by atoms with Crippen molar-refractivity contribution in [2.75, 3.05) is 7.05 Å². The fraction of sp³-hybridized carbons (Fsp3) is 0.474. The van der Waals surface area contributed by atoms with Crippen molar-refractivity contribution in [2.45, 2.75) is 46.3 Å². The van der Waals surface area contributed by atoms with Crippen molar-refractivity contribution in [3.63, 3.8) is 0 Å². The first-order valence-corrected chi connectivity index (χ1v) is 8.68. The lowest BCUT2D eigenvalue weighted by Crippen LogP contribution is -2.38. The van der Waals surface area contributed by atoms with E-state index in [-0.39, 0.29) is 24.4 Å². The van der Waals surface area contributed by atoms with Crippen LogP contribution in [-0.4, -0.2) is 27.5 Å². The molecule has 7 heteroatoms. The monoisotopic (exact) mass is 364 g/mol. The van der Waals surface area contributed by atoms with Crippen LogP contribution in [0, 0.1) is 5.92 Å². The smallest absolute Gasteiger partial charge is 0.319 e. The molecule has 5 nitrogen and oxygen atoms in total. The van der Waals surface area contributed by atoms with Crippen LogP contribution in [0.2, 0.25) is 0 Å². The van der Waals surface area contributed by atoms with Gasteiger partial charge in [0.2, 0.25) is 0 Å². The van der Waals surface area contributed by atoms with E-state index < -0.39 is 6.55 Å². The molecule has 0 aliphatic rings. The van der Waals surface area contributed by atoms with Gasteiger partial charge in [-0.2, -0.15) is 8.78 Å². The highest BCUT2D eigenvalue weighted by Crippen LogP contribution is 2.17. The maximum Gasteiger partial charge on any atom is 0.319 e. The van der Waals surface area contributed by atoms with E-state index in [1.54, 1.807) is 7.05 Å². The number of rotatable bonds is 7. The normalized spacial score (nSPS) is 12.5. The van der Waals surface area contributed by atoms with E-state index in [0.29, 0.717) is 5.92 Å². The van der Waals surface area contributed by atoms with Crippen LogP contribution in [0.4, 0.5) is 13.6 Å². The van der Waals surface area contributed by atoms with E-state index in [1.807, 2.05) is 19.1 Å². The highest BCUT2D eigenvalue weighted by atomic mass is 19.3.